The number of benzene rings is 1. The summed E-state index contributed by atoms with van der Waals surface area (Å²) in [5.41, 5.74) is 3.39. The van der Waals surface area contributed by atoms with Crippen LogP contribution in [-0.2, 0) is 19.3 Å². The highest BCUT2D eigenvalue weighted by atomic mass is 32.1. The van der Waals surface area contributed by atoms with E-state index in [1.807, 2.05) is 23.6 Å². The first-order chi connectivity index (χ1) is 11.2. The van der Waals surface area contributed by atoms with Gasteiger partial charge in [-0.25, -0.2) is 0 Å². The van der Waals surface area contributed by atoms with Gasteiger partial charge in [0.15, 0.2) is 0 Å². The molecule has 120 valence electrons. The number of para-hydroxylation sites is 1. The molecule has 0 radical (unpaired) electrons. The topological polar surface area (TPSA) is 38.3 Å². The van der Waals surface area contributed by atoms with Gasteiger partial charge in [0.1, 0.15) is 11.9 Å². The highest BCUT2D eigenvalue weighted by molar-refractivity contribution is 7.10. The molecule has 2 aliphatic rings. The Kier molecular flexibility index (Phi) is 3.85. The van der Waals surface area contributed by atoms with Crippen LogP contribution in [0.2, 0.25) is 0 Å². The van der Waals surface area contributed by atoms with Gasteiger partial charge in [-0.05, 0) is 42.4 Å². The maximum Gasteiger partial charge on any atom is 0.252 e. The van der Waals surface area contributed by atoms with E-state index in [-0.39, 0.29) is 12.0 Å². The van der Waals surface area contributed by atoms with E-state index >= 15 is 0 Å². The van der Waals surface area contributed by atoms with Crippen molar-refractivity contribution in [2.24, 2.45) is 5.92 Å². The first-order valence-electron chi connectivity index (χ1n) is 8.32. The second-order valence-electron chi connectivity index (χ2n) is 6.66. The summed E-state index contributed by atoms with van der Waals surface area (Å²) in [7, 11) is 0. The zero-order valence-electron chi connectivity index (χ0n) is 13.3. The van der Waals surface area contributed by atoms with Crippen molar-refractivity contribution in [3.8, 4) is 5.75 Å². The Balaban J connectivity index is 1.38. The maximum atomic E-state index is 12.5. The molecule has 0 fully saturated rings. The van der Waals surface area contributed by atoms with Gasteiger partial charge in [-0.1, -0.05) is 25.1 Å². The van der Waals surface area contributed by atoms with Crippen LogP contribution in [0.1, 0.15) is 39.7 Å². The van der Waals surface area contributed by atoms with Crippen LogP contribution >= 0.6 is 11.3 Å². The molecule has 0 saturated carbocycles. The number of ether oxygens (including phenoxy) is 1. The number of nitrogens with one attached hydrogen (secondary N) is 1. The molecule has 1 aromatic carbocycles. The van der Waals surface area contributed by atoms with Gasteiger partial charge in [0, 0.05) is 16.7 Å². The lowest BCUT2D eigenvalue weighted by Gasteiger charge is -2.19. The van der Waals surface area contributed by atoms with Gasteiger partial charge in [-0.15, -0.1) is 11.3 Å². The van der Waals surface area contributed by atoms with Crippen molar-refractivity contribution in [3.05, 3.63) is 51.2 Å². The standard InChI is InChI=1S/C19H21NO2S/c1-12-6-7-15-16(11-23-18(15)8-12)19(21)20-10-14-9-13-4-2-3-5-17(13)22-14/h2-5,11-12,14H,6-10H2,1H3,(H,20,21)/t12-,14-/m1/s1. The number of fused-ring (bicyclic) bond motifs is 2. The Hall–Kier alpha value is -1.81. The number of carbonyl (C=O) groups excluding carboxylic acids is 1. The second-order valence-corrected chi connectivity index (χ2v) is 7.63. The summed E-state index contributed by atoms with van der Waals surface area (Å²) < 4.78 is 5.89. The van der Waals surface area contributed by atoms with Crippen molar-refractivity contribution >= 4 is 17.2 Å². The predicted octanol–water partition coefficient (Wildman–Crippen LogP) is 3.61. The molecule has 1 amide bonds. The van der Waals surface area contributed by atoms with E-state index in [4.69, 9.17) is 4.74 Å². The lowest BCUT2D eigenvalue weighted by Crippen LogP contribution is -2.34. The van der Waals surface area contributed by atoms with E-state index in [9.17, 15) is 4.79 Å². The molecular formula is C19H21NO2S. The number of hydrogen-bond acceptors (Lipinski definition) is 3. The third-order valence-electron chi connectivity index (χ3n) is 4.85. The van der Waals surface area contributed by atoms with Crippen LogP contribution in [0.4, 0.5) is 0 Å². The molecule has 1 N–H and O–H groups in total. The molecule has 2 atom stereocenters. The van der Waals surface area contributed by atoms with Crippen molar-refractivity contribution < 1.29 is 9.53 Å². The summed E-state index contributed by atoms with van der Waals surface area (Å²) in [5, 5.41) is 5.10. The molecule has 4 heteroatoms. The fourth-order valence-corrected chi connectivity index (χ4v) is 4.78. The van der Waals surface area contributed by atoms with Crippen LogP contribution in [0.25, 0.3) is 0 Å². The van der Waals surface area contributed by atoms with Gasteiger partial charge in [0.2, 0.25) is 0 Å². The van der Waals surface area contributed by atoms with Crippen molar-refractivity contribution in [2.45, 2.75) is 38.7 Å². The van der Waals surface area contributed by atoms with Gasteiger partial charge in [0.05, 0.1) is 12.1 Å². The van der Waals surface area contributed by atoms with Crippen molar-refractivity contribution in [3.63, 3.8) is 0 Å². The SMILES string of the molecule is C[C@@H]1CCc2c(C(=O)NC[C@H]3Cc4ccccc4O3)csc2C1. The minimum atomic E-state index is 0.0471. The van der Waals surface area contributed by atoms with E-state index < -0.39 is 0 Å². The number of amides is 1. The molecule has 0 bridgehead atoms. The fourth-order valence-electron chi connectivity index (χ4n) is 3.54. The molecule has 4 rings (SSSR count). The molecule has 1 aromatic heterocycles. The van der Waals surface area contributed by atoms with Gasteiger partial charge < -0.3 is 10.1 Å². The molecule has 2 heterocycles. The summed E-state index contributed by atoms with van der Waals surface area (Å²) in [6.07, 6.45) is 4.26. The Morgan fingerprint density at radius 2 is 2.22 bits per heavy atom. The Labute approximate surface area is 140 Å². The molecule has 0 unspecified atom stereocenters. The van der Waals surface area contributed by atoms with Crippen LogP contribution in [-0.4, -0.2) is 18.6 Å². The van der Waals surface area contributed by atoms with Crippen LogP contribution < -0.4 is 10.1 Å². The van der Waals surface area contributed by atoms with Gasteiger partial charge >= 0.3 is 0 Å². The van der Waals surface area contributed by atoms with E-state index in [1.54, 1.807) is 11.3 Å². The smallest absolute Gasteiger partial charge is 0.252 e. The largest absolute Gasteiger partial charge is 0.488 e. The van der Waals surface area contributed by atoms with Crippen LogP contribution in [0.3, 0.4) is 0 Å². The quantitative estimate of drug-likeness (QED) is 0.935. The Morgan fingerprint density at radius 1 is 1.35 bits per heavy atom. The number of rotatable bonds is 3. The molecule has 0 spiro atoms. The van der Waals surface area contributed by atoms with Crippen molar-refractivity contribution in [1.29, 1.82) is 0 Å². The Morgan fingerprint density at radius 3 is 3.09 bits per heavy atom. The second kappa shape index (κ2) is 6.00. The minimum Gasteiger partial charge on any atom is -0.488 e. The Bertz CT molecular complexity index is 712. The summed E-state index contributed by atoms with van der Waals surface area (Å²) in [5.74, 6) is 1.74. The summed E-state index contributed by atoms with van der Waals surface area (Å²) in [6, 6.07) is 8.10. The fraction of sp³-hybridized carbons (Fsp3) is 0.421. The van der Waals surface area contributed by atoms with Gasteiger partial charge in [-0.2, -0.15) is 0 Å². The third kappa shape index (κ3) is 2.88. The minimum absolute atomic E-state index is 0.0471. The lowest BCUT2D eigenvalue weighted by atomic mass is 9.88. The average Bonchev–Trinajstić information content (AvgIpc) is 3.15. The normalized spacial score (nSPS) is 22.1. The van der Waals surface area contributed by atoms with Crippen molar-refractivity contribution in [1.82, 2.24) is 5.32 Å². The highest BCUT2D eigenvalue weighted by Gasteiger charge is 2.25. The van der Waals surface area contributed by atoms with E-state index in [0.717, 1.165) is 36.5 Å². The first-order valence-corrected chi connectivity index (χ1v) is 9.20. The highest BCUT2D eigenvalue weighted by Crippen LogP contribution is 2.33. The van der Waals surface area contributed by atoms with E-state index in [2.05, 4.69) is 18.3 Å². The summed E-state index contributed by atoms with van der Waals surface area (Å²) in [4.78, 5) is 13.9. The van der Waals surface area contributed by atoms with Crippen molar-refractivity contribution in [2.75, 3.05) is 6.54 Å². The monoisotopic (exact) mass is 327 g/mol. The molecule has 3 nitrogen and oxygen atoms in total. The molecular weight excluding hydrogens is 306 g/mol. The zero-order chi connectivity index (χ0) is 15.8. The number of hydrogen-bond donors (Lipinski definition) is 1. The summed E-state index contributed by atoms with van der Waals surface area (Å²) >= 11 is 1.74. The molecule has 0 saturated heterocycles. The third-order valence-corrected chi connectivity index (χ3v) is 5.90. The summed E-state index contributed by atoms with van der Waals surface area (Å²) in [6.45, 7) is 2.85. The average molecular weight is 327 g/mol. The zero-order valence-corrected chi connectivity index (χ0v) is 14.1. The van der Waals surface area contributed by atoms with E-state index in [1.165, 1.54) is 22.4 Å². The maximum absolute atomic E-state index is 12.5. The predicted molar refractivity (Wildman–Crippen MR) is 92.4 cm³/mol. The number of thiophene rings is 1. The lowest BCUT2D eigenvalue weighted by molar-refractivity contribution is 0.0932. The molecule has 2 aromatic rings. The van der Waals surface area contributed by atoms with E-state index in [0.29, 0.717) is 6.54 Å². The van der Waals surface area contributed by atoms with Gasteiger partial charge in [-0.3, -0.25) is 4.79 Å². The first kappa shape index (κ1) is 14.8. The molecule has 23 heavy (non-hydrogen) atoms. The van der Waals surface area contributed by atoms with Crippen LogP contribution in [0.15, 0.2) is 29.6 Å². The molecule has 1 aliphatic carbocycles. The van der Waals surface area contributed by atoms with Crippen LogP contribution in [0, 0.1) is 5.92 Å². The number of carbonyl (C=O) groups is 1. The van der Waals surface area contributed by atoms with Gasteiger partial charge in [0.25, 0.3) is 5.91 Å². The molecule has 1 aliphatic heterocycles. The van der Waals surface area contributed by atoms with Crippen LogP contribution in [0.5, 0.6) is 5.75 Å².